The van der Waals surface area contributed by atoms with Gasteiger partial charge in [0.05, 0.1) is 11.2 Å². The van der Waals surface area contributed by atoms with Crippen LogP contribution in [0.15, 0.2) is 24.3 Å². The van der Waals surface area contributed by atoms with Gasteiger partial charge in [-0.2, -0.15) is 0 Å². The molecule has 1 aromatic carbocycles. The number of rotatable bonds is 4. The summed E-state index contributed by atoms with van der Waals surface area (Å²) in [6.45, 7) is 0.108. The number of aliphatic hydroxyl groups is 1. The smallest absolute Gasteiger partial charge is 0.358 e. The molecule has 1 heterocycles. The van der Waals surface area contributed by atoms with Crippen LogP contribution in [-0.4, -0.2) is 39.0 Å². The van der Waals surface area contributed by atoms with Gasteiger partial charge in [-0.25, -0.2) is 4.79 Å². The molecule has 6 nitrogen and oxygen atoms in total. The molecule has 0 aliphatic heterocycles. The predicted molar refractivity (Wildman–Crippen MR) is 78.3 cm³/mol. The maximum absolute atomic E-state index is 11.4. The van der Waals surface area contributed by atoms with Gasteiger partial charge in [0.2, 0.25) is 0 Å². The van der Waals surface area contributed by atoms with E-state index in [4.69, 9.17) is 0 Å². The van der Waals surface area contributed by atoms with Crippen molar-refractivity contribution in [3.05, 3.63) is 30.0 Å². The predicted octanol–water partition coefficient (Wildman–Crippen LogP) is 1.90. The maximum Gasteiger partial charge on any atom is 0.358 e. The molecular formula is C15H17N3O3. The average Bonchev–Trinajstić information content (AvgIpc) is 2.94. The maximum atomic E-state index is 11.4. The summed E-state index contributed by atoms with van der Waals surface area (Å²) >= 11 is 0. The first-order valence-corrected chi connectivity index (χ1v) is 7.07. The van der Waals surface area contributed by atoms with Crippen molar-refractivity contribution in [2.75, 3.05) is 11.9 Å². The number of fused-ring (bicyclic) bond motifs is 1. The van der Waals surface area contributed by atoms with Gasteiger partial charge in [0, 0.05) is 24.0 Å². The Morgan fingerprint density at radius 2 is 2.10 bits per heavy atom. The van der Waals surface area contributed by atoms with Crippen molar-refractivity contribution in [3.63, 3.8) is 0 Å². The molecule has 110 valence electrons. The summed E-state index contributed by atoms with van der Waals surface area (Å²) in [7, 11) is 0. The molecule has 0 spiro atoms. The van der Waals surface area contributed by atoms with Crippen LogP contribution in [0, 0.1) is 5.92 Å². The SMILES string of the molecule is O=C(O)c1nnc2ccccc2c1NC1CCCC1CO. The van der Waals surface area contributed by atoms with Gasteiger partial charge in [-0.15, -0.1) is 10.2 Å². The Balaban J connectivity index is 2.06. The molecule has 1 saturated carbocycles. The molecule has 3 rings (SSSR count). The van der Waals surface area contributed by atoms with E-state index < -0.39 is 5.97 Å². The van der Waals surface area contributed by atoms with Crippen LogP contribution >= 0.6 is 0 Å². The molecule has 2 unspecified atom stereocenters. The van der Waals surface area contributed by atoms with E-state index in [1.807, 2.05) is 18.2 Å². The van der Waals surface area contributed by atoms with Crippen LogP contribution < -0.4 is 5.32 Å². The van der Waals surface area contributed by atoms with Crippen LogP contribution in [0.5, 0.6) is 0 Å². The summed E-state index contributed by atoms with van der Waals surface area (Å²) in [6.07, 6.45) is 2.90. The molecule has 2 atom stereocenters. The molecule has 3 N–H and O–H groups in total. The third-order valence-electron chi connectivity index (χ3n) is 4.09. The van der Waals surface area contributed by atoms with Crippen LogP contribution in [0.4, 0.5) is 5.69 Å². The minimum absolute atomic E-state index is 0.0701. The number of aliphatic hydroxyl groups excluding tert-OH is 1. The number of hydrogen-bond donors (Lipinski definition) is 3. The monoisotopic (exact) mass is 287 g/mol. The van der Waals surface area contributed by atoms with Gasteiger partial charge in [-0.3, -0.25) is 0 Å². The third kappa shape index (κ3) is 2.54. The minimum Gasteiger partial charge on any atom is -0.476 e. The molecule has 0 amide bonds. The molecule has 21 heavy (non-hydrogen) atoms. The topological polar surface area (TPSA) is 95.3 Å². The molecule has 1 aromatic heterocycles. The first kappa shape index (κ1) is 13.8. The summed E-state index contributed by atoms with van der Waals surface area (Å²) in [5.74, 6) is -0.951. The number of hydrogen-bond acceptors (Lipinski definition) is 5. The molecule has 1 aliphatic rings. The van der Waals surface area contributed by atoms with Crippen molar-refractivity contribution in [1.82, 2.24) is 10.2 Å². The molecule has 0 radical (unpaired) electrons. The normalized spacial score (nSPS) is 21.6. The zero-order valence-electron chi connectivity index (χ0n) is 11.5. The summed E-state index contributed by atoms with van der Waals surface area (Å²) in [5.41, 5.74) is 1.08. The second-order valence-corrected chi connectivity index (χ2v) is 5.37. The number of benzene rings is 1. The fourth-order valence-electron chi connectivity index (χ4n) is 2.98. The Morgan fingerprint density at radius 1 is 1.29 bits per heavy atom. The molecule has 1 aliphatic carbocycles. The Bertz CT molecular complexity index is 674. The molecule has 1 fully saturated rings. The molecular weight excluding hydrogens is 270 g/mol. The minimum atomic E-state index is -1.10. The Labute approximate surface area is 121 Å². The highest BCUT2D eigenvalue weighted by atomic mass is 16.4. The molecule has 2 aromatic rings. The number of aromatic carboxylic acids is 1. The highest BCUT2D eigenvalue weighted by Crippen LogP contribution is 2.32. The van der Waals surface area contributed by atoms with E-state index in [1.165, 1.54) is 0 Å². The molecule has 0 saturated heterocycles. The van der Waals surface area contributed by atoms with Crippen molar-refractivity contribution in [1.29, 1.82) is 0 Å². The summed E-state index contributed by atoms with van der Waals surface area (Å²) < 4.78 is 0. The summed E-state index contributed by atoms with van der Waals surface area (Å²) in [5, 5.41) is 30.6. The number of nitrogens with one attached hydrogen (secondary N) is 1. The lowest BCUT2D eigenvalue weighted by molar-refractivity contribution is 0.0690. The Morgan fingerprint density at radius 3 is 2.86 bits per heavy atom. The van der Waals surface area contributed by atoms with E-state index >= 15 is 0 Å². The second-order valence-electron chi connectivity index (χ2n) is 5.37. The highest BCUT2D eigenvalue weighted by Gasteiger charge is 2.28. The zero-order valence-corrected chi connectivity index (χ0v) is 11.5. The number of carbonyl (C=O) groups is 1. The lowest BCUT2D eigenvalue weighted by Gasteiger charge is -2.21. The number of carboxylic acid groups (broad SMARTS) is 1. The largest absolute Gasteiger partial charge is 0.476 e. The van der Waals surface area contributed by atoms with E-state index in [-0.39, 0.29) is 24.3 Å². The lowest BCUT2D eigenvalue weighted by Crippen LogP contribution is -2.27. The zero-order chi connectivity index (χ0) is 14.8. The number of aromatic nitrogens is 2. The first-order valence-electron chi connectivity index (χ1n) is 7.07. The number of carboxylic acids is 1. The molecule has 6 heteroatoms. The van der Waals surface area contributed by atoms with Gasteiger partial charge in [0.15, 0.2) is 5.69 Å². The van der Waals surface area contributed by atoms with E-state index in [0.29, 0.717) is 11.2 Å². The Hall–Kier alpha value is -2.21. The molecule has 0 bridgehead atoms. The van der Waals surface area contributed by atoms with Crippen molar-refractivity contribution < 1.29 is 15.0 Å². The van der Waals surface area contributed by atoms with Crippen molar-refractivity contribution in [3.8, 4) is 0 Å². The van der Waals surface area contributed by atoms with Gasteiger partial charge in [0.25, 0.3) is 0 Å². The number of anilines is 1. The standard InChI is InChI=1S/C15H17N3O3/c19-8-9-4-3-7-11(9)16-13-10-5-1-2-6-12(10)17-18-14(13)15(20)21/h1-2,5-6,9,11,19H,3-4,7-8H2,(H,16,17)(H,20,21). The first-order chi connectivity index (χ1) is 10.2. The van der Waals surface area contributed by atoms with Crippen molar-refractivity contribution >= 4 is 22.6 Å². The van der Waals surface area contributed by atoms with Crippen LogP contribution in [0.25, 0.3) is 10.9 Å². The van der Waals surface area contributed by atoms with Gasteiger partial charge in [-0.05, 0) is 18.9 Å². The fraction of sp³-hybridized carbons (Fsp3) is 0.400. The van der Waals surface area contributed by atoms with E-state index in [2.05, 4.69) is 15.5 Å². The van der Waals surface area contributed by atoms with Crippen LogP contribution in [0.2, 0.25) is 0 Å². The third-order valence-corrected chi connectivity index (χ3v) is 4.09. The summed E-state index contributed by atoms with van der Waals surface area (Å²) in [4.78, 5) is 11.4. The van der Waals surface area contributed by atoms with Crippen molar-refractivity contribution in [2.45, 2.75) is 25.3 Å². The number of nitrogens with zero attached hydrogens (tertiary/aromatic N) is 2. The van der Waals surface area contributed by atoms with Gasteiger partial charge in [-0.1, -0.05) is 24.6 Å². The quantitative estimate of drug-likeness (QED) is 0.795. The van der Waals surface area contributed by atoms with Gasteiger partial charge >= 0.3 is 5.97 Å². The second kappa shape index (κ2) is 5.65. The lowest BCUT2D eigenvalue weighted by atomic mass is 10.0. The Kier molecular flexibility index (Phi) is 3.70. The van der Waals surface area contributed by atoms with Crippen molar-refractivity contribution in [2.24, 2.45) is 5.92 Å². The van der Waals surface area contributed by atoms with Crippen LogP contribution in [0.3, 0.4) is 0 Å². The van der Waals surface area contributed by atoms with E-state index in [9.17, 15) is 15.0 Å². The summed E-state index contributed by atoms with van der Waals surface area (Å²) in [6, 6.07) is 7.39. The fourth-order valence-corrected chi connectivity index (χ4v) is 2.98. The van der Waals surface area contributed by atoms with Crippen LogP contribution in [-0.2, 0) is 0 Å². The van der Waals surface area contributed by atoms with Gasteiger partial charge < -0.3 is 15.5 Å². The van der Waals surface area contributed by atoms with E-state index in [1.54, 1.807) is 6.07 Å². The average molecular weight is 287 g/mol. The van der Waals surface area contributed by atoms with Gasteiger partial charge in [0.1, 0.15) is 0 Å². The highest BCUT2D eigenvalue weighted by molar-refractivity contribution is 6.02. The van der Waals surface area contributed by atoms with Crippen LogP contribution in [0.1, 0.15) is 29.8 Å². The van der Waals surface area contributed by atoms with E-state index in [0.717, 1.165) is 24.6 Å².